The molecule has 0 spiro atoms. The summed E-state index contributed by atoms with van der Waals surface area (Å²) in [5.41, 5.74) is 1.80. The summed E-state index contributed by atoms with van der Waals surface area (Å²) in [6.07, 6.45) is 0. The van der Waals surface area contributed by atoms with Crippen LogP contribution >= 0.6 is 0 Å². The highest BCUT2D eigenvalue weighted by Gasteiger charge is 2.23. The predicted molar refractivity (Wildman–Crippen MR) is 92.2 cm³/mol. The van der Waals surface area contributed by atoms with E-state index < -0.39 is 11.0 Å². The van der Waals surface area contributed by atoms with Crippen LogP contribution < -0.4 is 5.56 Å². The van der Waals surface area contributed by atoms with Crippen LogP contribution in [-0.2, 0) is 0 Å². The SMILES string of the molecule is Cc1c([N+](=O)[O-])ccc(=O)n1C(c1ccccc1)c1ccccc1. The Morgan fingerprint density at radius 2 is 1.38 bits per heavy atom. The molecule has 5 heteroatoms. The molecule has 0 bridgehead atoms. The molecule has 1 heterocycles. The molecule has 0 saturated heterocycles. The minimum absolute atomic E-state index is 0.0635. The summed E-state index contributed by atoms with van der Waals surface area (Å²) in [5, 5.41) is 11.3. The molecule has 3 rings (SSSR count). The van der Waals surface area contributed by atoms with E-state index in [-0.39, 0.29) is 11.2 Å². The van der Waals surface area contributed by atoms with Crippen molar-refractivity contribution in [3.63, 3.8) is 0 Å². The molecule has 5 nitrogen and oxygen atoms in total. The van der Waals surface area contributed by atoms with Gasteiger partial charge in [-0.05, 0) is 18.1 Å². The second-order valence-electron chi connectivity index (χ2n) is 5.49. The summed E-state index contributed by atoms with van der Waals surface area (Å²) >= 11 is 0. The lowest BCUT2D eigenvalue weighted by atomic mass is 9.97. The van der Waals surface area contributed by atoms with E-state index in [4.69, 9.17) is 0 Å². The van der Waals surface area contributed by atoms with Gasteiger partial charge >= 0.3 is 0 Å². The van der Waals surface area contributed by atoms with E-state index in [9.17, 15) is 14.9 Å². The molecule has 0 fully saturated rings. The predicted octanol–water partition coefficient (Wildman–Crippen LogP) is 3.70. The maximum Gasteiger partial charge on any atom is 0.288 e. The molecule has 0 unspecified atom stereocenters. The van der Waals surface area contributed by atoms with Crippen LogP contribution in [0, 0.1) is 17.0 Å². The molecule has 0 atom stereocenters. The first-order valence-electron chi connectivity index (χ1n) is 7.56. The molecule has 3 aromatic rings. The topological polar surface area (TPSA) is 65.1 Å². The second-order valence-corrected chi connectivity index (χ2v) is 5.49. The van der Waals surface area contributed by atoms with Gasteiger partial charge in [0.2, 0.25) is 0 Å². The summed E-state index contributed by atoms with van der Waals surface area (Å²) in [7, 11) is 0. The zero-order valence-electron chi connectivity index (χ0n) is 13.1. The van der Waals surface area contributed by atoms with Crippen LogP contribution in [0.1, 0.15) is 22.9 Å². The Bertz CT molecular complexity index is 879. The normalized spacial score (nSPS) is 10.8. The molecule has 1 aromatic heterocycles. The standard InChI is InChI=1S/C19H16N2O3/c1-14-17(21(23)24)12-13-18(22)20(14)19(15-8-4-2-5-9-15)16-10-6-3-7-11-16/h2-13,19H,1H3. The van der Waals surface area contributed by atoms with Crippen LogP contribution in [0.5, 0.6) is 0 Å². The van der Waals surface area contributed by atoms with E-state index in [2.05, 4.69) is 0 Å². The Kier molecular flexibility index (Phi) is 4.24. The highest BCUT2D eigenvalue weighted by Crippen LogP contribution is 2.28. The molecule has 2 aromatic carbocycles. The monoisotopic (exact) mass is 320 g/mol. The van der Waals surface area contributed by atoms with E-state index in [1.165, 1.54) is 16.7 Å². The minimum Gasteiger partial charge on any atom is -0.295 e. The van der Waals surface area contributed by atoms with Crippen molar-refractivity contribution in [3.05, 3.63) is 110 Å². The van der Waals surface area contributed by atoms with Gasteiger partial charge in [-0.3, -0.25) is 19.5 Å². The zero-order chi connectivity index (χ0) is 17.1. The highest BCUT2D eigenvalue weighted by molar-refractivity contribution is 5.39. The third kappa shape index (κ3) is 2.84. The maximum atomic E-state index is 12.5. The van der Waals surface area contributed by atoms with E-state index in [0.717, 1.165) is 11.1 Å². The fraction of sp³-hybridized carbons (Fsp3) is 0.105. The molecule has 120 valence electrons. The molecule has 0 aliphatic heterocycles. The number of hydrogen-bond donors (Lipinski definition) is 0. The van der Waals surface area contributed by atoms with Gasteiger partial charge in [-0.2, -0.15) is 0 Å². The van der Waals surface area contributed by atoms with Crippen LogP contribution in [0.15, 0.2) is 77.6 Å². The van der Waals surface area contributed by atoms with Gasteiger partial charge in [0.15, 0.2) is 0 Å². The Hall–Kier alpha value is -3.21. The van der Waals surface area contributed by atoms with Crippen molar-refractivity contribution in [2.75, 3.05) is 0 Å². The molecule has 0 radical (unpaired) electrons. The lowest BCUT2D eigenvalue weighted by molar-refractivity contribution is -0.386. The molecule has 0 saturated carbocycles. The van der Waals surface area contributed by atoms with Crippen LogP contribution in [0.2, 0.25) is 0 Å². The van der Waals surface area contributed by atoms with Crippen molar-refractivity contribution in [2.24, 2.45) is 0 Å². The Morgan fingerprint density at radius 1 is 0.875 bits per heavy atom. The zero-order valence-corrected chi connectivity index (χ0v) is 13.1. The van der Waals surface area contributed by atoms with Crippen molar-refractivity contribution in [2.45, 2.75) is 13.0 Å². The van der Waals surface area contributed by atoms with Gasteiger partial charge in [-0.25, -0.2) is 0 Å². The molecule has 0 aliphatic carbocycles. The van der Waals surface area contributed by atoms with Crippen molar-refractivity contribution < 1.29 is 4.92 Å². The van der Waals surface area contributed by atoms with Crippen molar-refractivity contribution >= 4 is 5.69 Å². The van der Waals surface area contributed by atoms with E-state index in [1.807, 2.05) is 60.7 Å². The van der Waals surface area contributed by atoms with E-state index in [0.29, 0.717) is 5.69 Å². The maximum absolute atomic E-state index is 12.5. The van der Waals surface area contributed by atoms with Gasteiger partial charge in [-0.1, -0.05) is 60.7 Å². The molecule has 0 amide bonds. The number of nitrogens with zero attached hydrogens (tertiary/aromatic N) is 2. The molecule has 0 N–H and O–H groups in total. The lowest BCUT2D eigenvalue weighted by Crippen LogP contribution is -2.28. The smallest absolute Gasteiger partial charge is 0.288 e. The minimum atomic E-state index is -0.460. The summed E-state index contributed by atoms with van der Waals surface area (Å²) in [4.78, 5) is 23.4. The van der Waals surface area contributed by atoms with Crippen LogP contribution in [0.25, 0.3) is 0 Å². The van der Waals surface area contributed by atoms with Crippen LogP contribution in [0.4, 0.5) is 5.69 Å². The number of aromatic nitrogens is 1. The first-order chi connectivity index (χ1) is 11.6. The number of rotatable bonds is 4. The average molecular weight is 320 g/mol. The summed E-state index contributed by atoms with van der Waals surface area (Å²) in [5.74, 6) is 0. The first kappa shape index (κ1) is 15.7. The first-order valence-corrected chi connectivity index (χ1v) is 7.56. The Balaban J connectivity index is 2.30. The summed E-state index contributed by atoms with van der Waals surface area (Å²) in [6.45, 7) is 1.61. The highest BCUT2D eigenvalue weighted by atomic mass is 16.6. The van der Waals surface area contributed by atoms with Crippen LogP contribution in [0.3, 0.4) is 0 Å². The molecular weight excluding hydrogens is 304 g/mol. The Morgan fingerprint density at radius 3 is 1.83 bits per heavy atom. The van der Waals surface area contributed by atoms with Gasteiger partial charge in [0.1, 0.15) is 0 Å². The Labute approximate surface area is 139 Å². The quantitative estimate of drug-likeness (QED) is 0.544. The van der Waals surface area contributed by atoms with Crippen LogP contribution in [-0.4, -0.2) is 9.49 Å². The number of pyridine rings is 1. The number of nitro groups is 1. The molecular formula is C19H16N2O3. The van der Waals surface area contributed by atoms with Gasteiger partial charge in [0, 0.05) is 12.1 Å². The van der Waals surface area contributed by atoms with Gasteiger partial charge in [0.25, 0.3) is 11.2 Å². The fourth-order valence-corrected chi connectivity index (χ4v) is 2.91. The number of hydrogen-bond acceptors (Lipinski definition) is 3. The third-order valence-electron chi connectivity index (χ3n) is 4.04. The van der Waals surface area contributed by atoms with E-state index >= 15 is 0 Å². The lowest BCUT2D eigenvalue weighted by Gasteiger charge is -2.23. The second kappa shape index (κ2) is 6.50. The van der Waals surface area contributed by atoms with Crippen molar-refractivity contribution in [1.29, 1.82) is 0 Å². The molecule has 24 heavy (non-hydrogen) atoms. The number of benzene rings is 2. The third-order valence-corrected chi connectivity index (χ3v) is 4.04. The fourth-order valence-electron chi connectivity index (χ4n) is 2.91. The molecule has 0 aliphatic rings. The van der Waals surface area contributed by atoms with Gasteiger partial charge < -0.3 is 0 Å². The van der Waals surface area contributed by atoms with Gasteiger partial charge in [0.05, 0.1) is 16.7 Å². The van der Waals surface area contributed by atoms with Gasteiger partial charge in [-0.15, -0.1) is 0 Å². The van der Waals surface area contributed by atoms with E-state index in [1.54, 1.807) is 6.92 Å². The van der Waals surface area contributed by atoms with Crippen molar-refractivity contribution in [3.8, 4) is 0 Å². The summed E-state index contributed by atoms with van der Waals surface area (Å²) in [6, 6.07) is 21.1. The average Bonchev–Trinajstić information content (AvgIpc) is 2.59. The van der Waals surface area contributed by atoms with Crippen molar-refractivity contribution in [1.82, 2.24) is 4.57 Å². The largest absolute Gasteiger partial charge is 0.295 e. The summed E-state index contributed by atoms with van der Waals surface area (Å²) < 4.78 is 1.49.